The lowest BCUT2D eigenvalue weighted by Crippen LogP contribution is -2.35. The zero-order chi connectivity index (χ0) is 16.1. The first-order valence-corrected chi connectivity index (χ1v) is 6.24. The number of nitrogens with one attached hydrogen (secondary N) is 1. The highest BCUT2D eigenvalue weighted by atomic mass is 16.5. The van der Waals surface area contributed by atoms with Crippen molar-refractivity contribution in [1.82, 2.24) is 10.2 Å². The number of rotatable bonds is 5. The van der Waals surface area contributed by atoms with Crippen LogP contribution in [0.1, 0.15) is 5.56 Å². The van der Waals surface area contributed by atoms with Crippen LogP contribution in [-0.2, 0) is 9.59 Å². The molecule has 0 aliphatic carbocycles. The minimum atomic E-state index is -1.26. The fourth-order valence-electron chi connectivity index (χ4n) is 1.80. The molecule has 0 spiro atoms. The molecule has 0 aromatic heterocycles. The Morgan fingerprint density at radius 2 is 2.05 bits per heavy atom. The van der Waals surface area contributed by atoms with E-state index < -0.39 is 24.5 Å². The molecule has 0 bridgehead atoms. The molecule has 0 radical (unpaired) electrons. The number of carbonyl (C=O) groups excluding carboxylic acids is 2. The molecule has 1 saturated heterocycles. The second kappa shape index (κ2) is 6.45. The minimum absolute atomic E-state index is 0.0172. The molecule has 1 heterocycles. The average molecular weight is 300 g/mol. The molecule has 7 heteroatoms. The highest BCUT2D eigenvalue weighted by Crippen LogP contribution is 2.17. The lowest BCUT2D eigenvalue weighted by molar-refractivity contribution is -0.140. The van der Waals surface area contributed by atoms with Crippen molar-refractivity contribution in [2.24, 2.45) is 0 Å². The van der Waals surface area contributed by atoms with E-state index in [4.69, 9.17) is 16.3 Å². The Bertz CT molecular complexity index is 685. The Morgan fingerprint density at radius 1 is 1.36 bits per heavy atom. The summed E-state index contributed by atoms with van der Waals surface area (Å²) >= 11 is 0. The maximum atomic E-state index is 11.9. The molecular weight excluding hydrogens is 288 g/mol. The molecule has 112 valence electrons. The number of amides is 3. The number of imide groups is 1. The molecule has 0 atom stereocenters. The van der Waals surface area contributed by atoms with Crippen LogP contribution in [0, 0.1) is 12.3 Å². The lowest BCUT2D eigenvalue weighted by atomic mass is 10.2. The van der Waals surface area contributed by atoms with Crippen molar-refractivity contribution in [3.63, 3.8) is 0 Å². The molecule has 2 rings (SSSR count). The van der Waals surface area contributed by atoms with Gasteiger partial charge in [-0.05, 0) is 23.8 Å². The Labute approximate surface area is 126 Å². The largest absolute Gasteiger partial charge is 0.481 e. The molecule has 1 fully saturated rings. The summed E-state index contributed by atoms with van der Waals surface area (Å²) in [6.07, 6.45) is 6.53. The van der Waals surface area contributed by atoms with Crippen LogP contribution in [0.2, 0.25) is 0 Å². The molecule has 1 aliphatic rings. The van der Waals surface area contributed by atoms with Crippen molar-refractivity contribution in [2.45, 2.75) is 0 Å². The zero-order valence-electron chi connectivity index (χ0n) is 11.4. The number of terminal acetylenes is 1. The van der Waals surface area contributed by atoms with Gasteiger partial charge in [0.2, 0.25) is 0 Å². The smallest absolute Gasteiger partial charge is 0.329 e. The number of carbonyl (C=O) groups is 3. The third-order valence-electron chi connectivity index (χ3n) is 2.77. The van der Waals surface area contributed by atoms with Crippen molar-refractivity contribution in [3.8, 4) is 18.1 Å². The van der Waals surface area contributed by atoms with E-state index in [1.165, 1.54) is 6.08 Å². The number of urea groups is 1. The van der Waals surface area contributed by atoms with Crippen LogP contribution in [0.4, 0.5) is 4.79 Å². The number of carboxylic acids is 1. The van der Waals surface area contributed by atoms with Gasteiger partial charge in [-0.1, -0.05) is 18.1 Å². The third kappa shape index (κ3) is 3.43. The topological polar surface area (TPSA) is 95.9 Å². The highest BCUT2D eigenvalue weighted by Gasteiger charge is 2.34. The maximum Gasteiger partial charge on any atom is 0.329 e. The summed E-state index contributed by atoms with van der Waals surface area (Å²) in [5.74, 6) is 0.974. The molecular formula is C15H12N2O5. The minimum Gasteiger partial charge on any atom is -0.481 e. The first-order valence-electron chi connectivity index (χ1n) is 6.24. The second-order valence-electron chi connectivity index (χ2n) is 4.34. The van der Waals surface area contributed by atoms with Crippen molar-refractivity contribution in [1.29, 1.82) is 0 Å². The van der Waals surface area contributed by atoms with E-state index >= 15 is 0 Å². The summed E-state index contributed by atoms with van der Waals surface area (Å²) in [7, 11) is 0. The van der Waals surface area contributed by atoms with E-state index in [2.05, 4.69) is 11.2 Å². The summed E-state index contributed by atoms with van der Waals surface area (Å²) in [4.78, 5) is 34.7. The molecule has 22 heavy (non-hydrogen) atoms. The van der Waals surface area contributed by atoms with Crippen LogP contribution in [0.15, 0.2) is 30.0 Å². The van der Waals surface area contributed by atoms with Gasteiger partial charge in [-0.2, -0.15) is 0 Å². The standard InChI is InChI=1S/C15H12N2O5/c1-2-7-22-11-5-3-10(4-6-11)8-12-14(20)17(9-13(18)19)15(21)16-12/h1,3-6,8H,7,9H2,(H,16,21)(H,18,19). The van der Waals surface area contributed by atoms with Crippen molar-refractivity contribution in [3.05, 3.63) is 35.5 Å². The maximum absolute atomic E-state index is 11.9. The van der Waals surface area contributed by atoms with Gasteiger partial charge in [0.15, 0.2) is 0 Å². The number of ether oxygens (including phenoxy) is 1. The molecule has 7 nitrogen and oxygen atoms in total. The van der Waals surface area contributed by atoms with Crippen LogP contribution < -0.4 is 10.1 Å². The summed E-state index contributed by atoms with van der Waals surface area (Å²) < 4.78 is 5.21. The van der Waals surface area contributed by atoms with Gasteiger partial charge < -0.3 is 15.2 Å². The normalized spacial score (nSPS) is 15.6. The SMILES string of the molecule is C#CCOc1ccc(C=C2NC(=O)N(CC(=O)O)C2=O)cc1. The number of nitrogens with zero attached hydrogens (tertiary/aromatic N) is 1. The predicted molar refractivity (Wildman–Crippen MR) is 76.6 cm³/mol. The number of hydrogen-bond acceptors (Lipinski definition) is 4. The first kappa shape index (κ1) is 15.1. The molecule has 0 saturated carbocycles. The van der Waals surface area contributed by atoms with Gasteiger partial charge in [-0.3, -0.25) is 9.59 Å². The Kier molecular flexibility index (Phi) is 4.44. The number of hydrogen-bond donors (Lipinski definition) is 2. The molecule has 1 aliphatic heterocycles. The van der Waals surface area contributed by atoms with Crippen molar-refractivity contribution in [2.75, 3.05) is 13.2 Å². The van der Waals surface area contributed by atoms with Crippen LogP contribution in [0.5, 0.6) is 5.75 Å². The summed E-state index contributed by atoms with van der Waals surface area (Å²) in [5.41, 5.74) is 0.664. The predicted octanol–water partition coefficient (Wildman–Crippen LogP) is 0.676. The Morgan fingerprint density at radius 3 is 2.64 bits per heavy atom. The van der Waals surface area contributed by atoms with E-state index in [9.17, 15) is 14.4 Å². The van der Waals surface area contributed by atoms with Gasteiger partial charge in [0.25, 0.3) is 5.91 Å². The molecule has 3 amide bonds. The van der Waals surface area contributed by atoms with Crippen LogP contribution >= 0.6 is 0 Å². The molecule has 2 N–H and O–H groups in total. The average Bonchev–Trinajstić information content (AvgIpc) is 2.74. The molecule has 1 aromatic rings. The quantitative estimate of drug-likeness (QED) is 0.473. The van der Waals surface area contributed by atoms with Gasteiger partial charge >= 0.3 is 12.0 Å². The van der Waals surface area contributed by atoms with E-state index in [1.54, 1.807) is 24.3 Å². The van der Waals surface area contributed by atoms with Crippen LogP contribution in [0.25, 0.3) is 6.08 Å². The van der Waals surface area contributed by atoms with E-state index in [1.807, 2.05) is 0 Å². The van der Waals surface area contributed by atoms with E-state index in [0.717, 1.165) is 0 Å². The van der Waals surface area contributed by atoms with Crippen LogP contribution in [-0.4, -0.2) is 41.1 Å². The fraction of sp³-hybridized carbons (Fsp3) is 0.133. The van der Waals surface area contributed by atoms with Gasteiger partial charge in [0, 0.05) is 0 Å². The van der Waals surface area contributed by atoms with Gasteiger partial charge in [0.1, 0.15) is 24.6 Å². The number of benzene rings is 1. The Hall–Kier alpha value is -3.27. The van der Waals surface area contributed by atoms with E-state index in [0.29, 0.717) is 16.2 Å². The lowest BCUT2D eigenvalue weighted by Gasteiger charge is -2.06. The van der Waals surface area contributed by atoms with E-state index in [-0.39, 0.29) is 12.3 Å². The monoisotopic (exact) mass is 300 g/mol. The molecule has 1 aromatic carbocycles. The van der Waals surface area contributed by atoms with Crippen molar-refractivity contribution >= 4 is 24.0 Å². The third-order valence-corrected chi connectivity index (χ3v) is 2.77. The summed E-state index contributed by atoms with van der Waals surface area (Å²) in [6.45, 7) is -0.528. The summed E-state index contributed by atoms with van der Waals surface area (Å²) in [5, 5.41) is 11.0. The highest BCUT2D eigenvalue weighted by molar-refractivity contribution is 6.15. The van der Waals surface area contributed by atoms with Crippen LogP contribution in [0.3, 0.4) is 0 Å². The fourth-order valence-corrected chi connectivity index (χ4v) is 1.80. The van der Waals surface area contributed by atoms with Gasteiger partial charge in [-0.15, -0.1) is 6.42 Å². The van der Waals surface area contributed by atoms with Crippen molar-refractivity contribution < 1.29 is 24.2 Å². The Balaban J connectivity index is 2.13. The number of aliphatic carboxylic acids is 1. The zero-order valence-corrected chi connectivity index (χ0v) is 11.4. The molecule has 0 unspecified atom stereocenters. The second-order valence-corrected chi connectivity index (χ2v) is 4.34. The first-order chi connectivity index (χ1) is 10.5. The summed E-state index contributed by atoms with van der Waals surface area (Å²) in [6, 6.07) is 5.93. The number of carboxylic acid groups (broad SMARTS) is 1. The van der Waals surface area contributed by atoms with Gasteiger partial charge in [0.05, 0.1) is 0 Å². The van der Waals surface area contributed by atoms with Gasteiger partial charge in [-0.25, -0.2) is 9.69 Å².